The highest BCUT2D eigenvalue weighted by Crippen LogP contribution is 2.26. The molecule has 2 aromatic rings. The van der Waals surface area contributed by atoms with Crippen LogP contribution in [0.3, 0.4) is 0 Å². The van der Waals surface area contributed by atoms with Crippen molar-refractivity contribution in [2.75, 3.05) is 31.3 Å². The second kappa shape index (κ2) is 10.9. The Morgan fingerprint density at radius 3 is 2.62 bits per heavy atom. The van der Waals surface area contributed by atoms with Crippen molar-refractivity contribution in [2.45, 2.75) is 39.5 Å². The van der Waals surface area contributed by atoms with Crippen LogP contribution in [0, 0.1) is 0 Å². The molecule has 0 aliphatic heterocycles. The number of hydrogen-bond donors (Lipinski definition) is 3. The number of ether oxygens (including phenoxy) is 3. The van der Waals surface area contributed by atoms with Crippen molar-refractivity contribution in [1.82, 2.24) is 9.97 Å². The van der Waals surface area contributed by atoms with Gasteiger partial charge >= 0.3 is 5.97 Å². The molecule has 1 aromatic heterocycles. The van der Waals surface area contributed by atoms with Crippen LogP contribution in [-0.2, 0) is 22.4 Å². The predicted molar refractivity (Wildman–Crippen MR) is 109 cm³/mol. The maximum absolute atomic E-state index is 11.6. The van der Waals surface area contributed by atoms with Gasteiger partial charge in [0.1, 0.15) is 11.5 Å². The van der Waals surface area contributed by atoms with Crippen LogP contribution in [0.2, 0.25) is 0 Å². The van der Waals surface area contributed by atoms with Crippen molar-refractivity contribution in [3.8, 4) is 17.2 Å². The Hall–Kier alpha value is -3.23. The fourth-order valence-electron chi connectivity index (χ4n) is 2.72. The summed E-state index contributed by atoms with van der Waals surface area (Å²) in [5.41, 5.74) is 12.9. The van der Waals surface area contributed by atoms with Gasteiger partial charge in [0.2, 0.25) is 5.95 Å². The first-order chi connectivity index (χ1) is 13.9. The summed E-state index contributed by atoms with van der Waals surface area (Å²) < 4.78 is 16.5. The zero-order valence-corrected chi connectivity index (χ0v) is 16.8. The van der Waals surface area contributed by atoms with E-state index in [1.807, 2.05) is 6.92 Å². The molecule has 0 bridgehead atoms. The molecule has 5 N–H and O–H groups in total. The minimum atomic E-state index is -0.287. The zero-order valence-electron chi connectivity index (χ0n) is 16.8. The number of esters is 1. The molecule has 2 rings (SSSR count). The van der Waals surface area contributed by atoms with E-state index in [1.54, 1.807) is 25.1 Å². The summed E-state index contributed by atoms with van der Waals surface area (Å²) in [4.78, 5) is 19.6. The molecule has 1 aromatic carbocycles. The minimum absolute atomic E-state index is 0.116. The van der Waals surface area contributed by atoms with E-state index in [9.17, 15) is 9.90 Å². The number of rotatable bonds is 11. The van der Waals surface area contributed by atoms with Crippen molar-refractivity contribution in [2.24, 2.45) is 0 Å². The van der Waals surface area contributed by atoms with Crippen LogP contribution in [0.15, 0.2) is 18.2 Å². The predicted octanol–water partition coefficient (Wildman–Crippen LogP) is 2.25. The molecule has 29 heavy (non-hydrogen) atoms. The standard InChI is InChI=1S/C20H28N4O5/c1-3-15-18(19(21)24-20(22)23-15)29-11-5-10-28-16-8-7-14(25)12-13(16)6-9-17(26)27-4-2/h7-8,12,25H,3-6,9-11H2,1-2H3,(H4,21,22,23,24). The quantitative estimate of drug-likeness (QED) is 0.379. The van der Waals surface area contributed by atoms with Crippen LogP contribution in [0.25, 0.3) is 0 Å². The number of nitrogen functional groups attached to an aromatic ring is 2. The minimum Gasteiger partial charge on any atom is -0.508 e. The zero-order chi connectivity index (χ0) is 21.2. The molecular formula is C20H28N4O5. The van der Waals surface area contributed by atoms with Crippen molar-refractivity contribution in [3.63, 3.8) is 0 Å². The van der Waals surface area contributed by atoms with Gasteiger partial charge in [0.15, 0.2) is 11.6 Å². The number of phenolic OH excluding ortho intramolecular Hbond substituents is 1. The third-order valence-electron chi connectivity index (χ3n) is 4.05. The summed E-state index contributed by atoms with van der Waals surface area (Å²) >= 11 is 0. The second-order valence-corrected chi connectivity index (χ2v) is 6.24. The van der Waals surface area contributed by atoms with Crippen LogP contribution < -0.4 is 20.9 Å². The Balaban J connectivity index is 1.87. The molecule has 9 nitrogen and oxygen atoms in total. The number of aromatic hydroxyl groups is 1. The van der Waals surface area contributed by atoms with Gasteiger partial charge < -0.3 is 30.8 Å². The lowest BCUT2D eigenvalue weighted by Gasteiger charge is -2.14. The molecule has 0 radical (unpaired) electrons. The molecule has 0 saturated carbocycles. The number of aromatic nitrogens is 2. The summed E-state index contributed by atoms with van der Waals surface area (Å²) in [5.74, 6) is 1.22. The molecule has 0 aliphatic carbocycles. The lowest BCUT2D eigenvalue weighted by molar-refractivity contribution is -0.143. The summed E-state index contributed by atoms with van der Waals surface area (Å²) in [5, 5.41) is 9.71. The molecule has 1 heterocycles. The fourth-order valence-corrected chi connectivity index (χ4v) is 2.72. The van der Waals surface area contributed by atoms with Gasteiger partial charge in [0.05, 0.1) is 25.5 Å². The number of benzene rings is 1. The van der Waals surface area contributed by atoms with E-state index in [4.69, 9.17) is 25.7 Å². The molecule has 9 heteroatoms. The van der Waals surface area contributed by atoms with Crippen molar-refractivity contribution < 1.29 is 24.1 Å². The van der Waals surface area contributed by atoms with Crippen molar-refractivity contribution in [1.29, 1.82) is 0 Å². The van der Waals surface area contributed by atoms with E-state index < -0.39 is 0 Å². The van der Waals surface area contributed by atoms with Crippen LogP contribution in [0.1, 0.15) is 37.9 Å². The number of carbonyl (C=O) groups excluding carboxylic acids is 1. The highest BCUT2D eigenvalue weighted by molar-refractivity contribution is 5.69. The van der Waals surface area contributed by atoms with E-state index >= 15 is 0 Å². The average Bonchev–Trinajstić information content (AvgIpc) is 2.68. The fraction of sp³-hybridized carbons (Fsp3) is 0.450. The molecule has 0 fully saturated rings. The number of anilines is 2. The second-order valence-electron chi connectivity index (χ2n) is 6.24. The van der Waals surface area contributed by atoms with Crippen LogP contribution in [-0.4, -0.2) is 40.9 Å². The topological polar surface area (TPSA) is 143 Å². The number of carbonyl (C=O) groups is 1. The Morgan fingerprint density at radius 1 is 1.14 bits per heavy atom. The van der Waals surface area contributed by atoms with Crippen LogP contribution in [0.5, 0.6) is 17.2 Å². The lowest BCUT2D eigenvalue weighted by atomic mass is 10.1. The molecule has 0 spiro atoms. The Morgan fingerprint density at radius 2 is 1.90 bits per heavy atom. The Bertz CT molecular complexity index is 829. The van der Waals surface area contributed by atoms with E-state index in [2.05, 4.69) is 9.97 Å². The third kappa shape index (κ3) is 6.70. The van der Waals surface area contributed by atoms with E-state index in [0.29, 0.717) is 56.3 Å². The molecule has 0 aliphatic rings. The lowest BCUT2D eigenvalue weighted by Crippen LogP contribution is -2.11. The maximum atomic E-state index is 11.6. The van der Waals surface area contributed by atoms with E-state index in [-0.39, 0.29) is 29.9 Å². The highest BCUT2D eigenvalue weighted by atomic mass is 16.5. The monoisotopic (exact) mass is 404 g/mol. The summed E-state index contributed by atoms with van der Waals surface area (Å²) in [6, 6.07) is 4.81. The SMILES string of the molecule is CCOC(=O)CCc1cc(O)ccc1OCCCOc1c(N)nc(N)nc1CC. The van der Waals surface area contributed by atoms with Crippen LogP contribution >= 0.6 is 0 Å². The number of phenols is 1. The molecule has 0 saturated heterocycles. The smallest absolute Gasteiger partial charge is 0.306 e. The van der Waals surface area contributed by atoms with E-state index in [1.165, 1.54) is 0 Å². The van der Waals surface area contributed by atoms with Gasteiger partial charge in [-0.15, -0.1) is 0 Å². The van der Waals surface area contributed by atoms with Gasteiger partial charge in [0, 0.05) is 12.8 Å². The van der Waals surface area contributed by atoms with E-state index in [0.717, 1.165) is 5.56 Å². The largest absolute Gasteiger partial charge is 0.508 e. The molecular weight excluding hydrogens is 376 g/mol. The average molecular weight is 404 g/mol. The molecule has 0 amide bonds. The normalized spacial score (nSPS) is 10.6. The number of nitrogens with two attached hydrogens (primary N) is 2. The summed E-state index contributed by atoms with van der Waals surface area (Å²) in [7, 11) is 0. The summed E-state index contributed by atoms with van der Waals surface area (Å²) in [6.45, 7) is 4.77. The van der Waals surface area contributed by atoms with Gasteiger partial charge in [-0.2, -0.15) is 4.98 Å². The first-order valence-corrected chi connectivity index (χ1v) is 9.59. The van der Waals surface area contributed by atoms with Gasteiger partial charge in [0.25, 0.3) is 0 Å². The molecule has 0 unspecified atom stereocenters. The van der Waals surface area contributed by atoms with Gasteiger partial charge in [-0.25, -0.2) is 4.98 Å². The van der Waals surface area contributed by atoms with Gasteiger partial charge in [-0.3, -0.25) is 4.79 Å². The van der Waals surface area contributed by atoms with Crippen LogP contribution in [0.4, 0.5) is 11.8 Å². The Labute approximate surface area is 170 Å². The van der Waals surface area contributed by atoms with Gasteiger partial charge in [-0.1, -0.05) is 6.92 Å². The first kappa shape index (κ1) is 22.1. The Kier molecular flexibility index (Phi) is 8.32. The van der Waals surface area contributed by atoms with Crippen molar-refractivity contribution in [3.05, 3.63) is 29.5 Å². The summed E-state index contributed by atoms with van der Waals surface area (Å²) in [6.07, 6.45) is 1.84. The number of nitrogens with zero attached hydrogens (tertiary/aromatic N) is 2. The van der Waals surface area contributed by atoms with Crippen molar-refractivity contribution >= 4 is 17.7 Å². The highest BCUT2D eigenvalue weighted by Gasteiger charge is 2.12. The number of hydrogen-bond acceptors (Lipinski definition) is 9. The molecule has 0 atom stereocenters. The third-order valence-corrected chi connectivity index (χ3v) is 4.05. The maximum Gasteiger partial charge on any atom is 0.306 e. The number of aryl methyl sites for hydroxylation is 2. The first-order valence-electron chi connectivity index (χ1n) is 9.59. The van der Waals surface area contributed by atoms with Gasteiger partial charge in [-0.05, 0) is 43.5 Å². The molecule has 158 valence electrons.